The standard InChI is InChI=1S/C26H32N4O8/c31-21(9-13-29-24(34)7-8-25(29)35)27-12-16-38-18-17-37-15-11-22(32)28-20-4-1-19(2-5-20)3-6-23(33)30-14-10-26(30)36/h1-2,4-5,7-8H,3,6,9-18H2,(H,27,31)(H,28,32). The zero-order valence-electron chi connectivity index (χ0n) is 21.1. The van der Waals surface area contributed by atoms with Gasteiger partial charge in [-0.15, -0.1) is 0 Å². The predicted molar refractivity (Wildman–Crippen MR) is 134 cm³/mol. The lowest BCUT2D eigenvalue weighted by molar-refractivity contribution is -0.152. The molecule has 0 atom stereocenters. The van der Waals surface area contributed by atoms with Crippen LogP contribution in [0.5, 0.6) is 0 Å². The SMILES string of the molecule is O=C(CCN1C(=O)C=CC1=O)NCCOCCOCCC(=O)Nc1ccc(CCC(=O)N2CCC2=O)cc1. The van der Waals surface area contributed by atoms with Gasteiger partial charge in [-0.25, -0.2) is 0 Å². The number of benzene rings is 1. The quantitative estimate of drug-likeness (QED) is 0.175. The van der Waals surface area contributed by atoms with E-state index in [1.165, 1.54) is 17.1 Å². The molecule has 2 aliphatic heterocycles. The van der Waals surface area contributed by atoms with Crippen LogP contribution in [0.1, 0.15) is 31.2 Å². The summed E-state index contributed by atoms with van der Waals surface area (Å²) in [4.78, 5) is 72.2. The van der Waals surface area contributed by atoms with Crippen LogP contribution in [0.15, 0.2) is 36.4 Å². The lowest BCUT2D eigenvalue weighted by atomic mass is 10.1. The van der Waals surface area contributed by atoms with Crippen LogP contribution in [0.25, 0.3) is 0 Å². The van der Waals surface area contributed by atoms with Crippen LogP contribution in [0.3, 0.4) is 0 Å². The first-order chi connectivity index (χ1) is 18.3. The third-order valence-corrected chi connectivity index (χ3v) is 5.89. The van der Waals surface area contributed by atoms with Gasteiger partial charge in [-0.2, -0.15) is 0 Å². The molecule has 12 heteroatoms. The molecular weight excluding hydrogens is 496 g/mol. The van der Waals surface area contributed by atoms with Crippen LogP contribution in [0, 0.1) is 0 Å². The first-order valence-electron chi connectivity index (χ1n) is 12.5. The maximum atomic E-state index is 12.1. The molecule has 2 aliphatic rings. The second kappa shape index (κ2) is 14.7. The number of β-lactam (4-membered cyclic amide) rings is 1. The van der Waals surface area contributed by atoms with Gasteiger partial charge in [0.05, 0.1) is 32.8 Å². The number of ether oxygens (including phenoxy) is 2. The first kappa shape index (κ1) is 28.7. The van der Waals surface area contributed by atoms with E-state index in [-0.39, 0.29) is 69.2 Å². The number of hydrogen-bond donors (Lipinski definition) is 2. The van der Waals surface area contributed by atoms with Crippen LogP contribution in [0.4, 0.5) is 5.69 Å². The Kier molecular flexibility index (Phi) is 11.1. The van der Waals surface area contributed by atoms with Crippen molar-refractivity contribution in [3.05, 3.63) is 42.0 Å². The van der Waals surface area contributed by atoms with Gasteiger partial charge in [0, 0.05) is 56.7 Å². The van der Waals surface area contributed by atoms with Crippen molar-refractivity contribution >= 4 is 41.1 Å². The lowest BCUT2D eigenvalue weighted by Crippen LogP contribution is -2.47. The van der Waals surface area contributed by atoms with Crippen molar-refractivity contribution in [2.75, 3.05) is 51.4 Å². The zero-order chi connectivity index (χ0) is 27.3. The van der Waals surface area contributed by atoms with Crippen molar-refractivity contribution in [3.8, 4) is 0 Å². The van der Waals surface area contributed by atoms with Crippen molar-refractivity contribution in [2.45, 2.75) is 32.1 Å². The molecule has 1 fully saturated rings. The maximum absolute atomic E-state index is 12.1. The normalized spacial score (nSPS) is 14.6. The van der Waals surface area contributed by atoms with E-state index in [1.807, 2.05) is 12.1 Å². The average molecular weight is 529 g/mol. The molecule has 6 amide bonds. The van der Waals surface area contributed by atoms with E-state index in [2.05, 4.69) is 10.6 Å². The molecule has 1 aromatic rings. The molecule has 2 N–H and O–H groups in total. The Hall–Kier alpha value is -3.90. The average Bonchev–Trinajstić information content (AvgIpc) is 3.21. The van der Waals surface area contributed by atoms with Crippen LogP contribution in [0.2, 0.25) is 0 Å². The first-order valence-corrected chi connectivity index (χ1v) is 12.5. The van der Waals surface area contributed by atoms with Crippen LogP contribution in [-0.2, 0) is 44.7 Å². The van der Waals surface area contributed by atoms with Gasteiger partial charge in [-0.05, 0) is 24.1 Å². The number of aryl methyl sites for hydroxylation is 1. The molecule has 0 aromatic heterocycles. The number of nitrogens with zero attached hydrogens (tertiary/aromatic N) is 2. The molecule has 0 bridgehead atoms. The van der Waals surface area contributed by atoms with E-state index < -0.39 is 11.8 Å². The number of imide groups is 2. The van der Waals surface area contributed by atoms with Crippen molar-refractivity contribution in [2.24, 2.45) is 0 Å². The highest BCUT2D eigenvalue weighted by atomic mass is 16.5. The van der Waals surface area contributed by atoms with Gasteiger partial charge in [0.15, 0.2) is 0 Å². The molecule has 0 radical (unpaired) electrons. The van der Waals surface area contributed by atoms with Crippen molar-refractivity contribution in [3.63, 3.8) is 0 Å². The third-order valence-electron chi connectivity index (χ3n) is 5.89. The summed E-state index contributed by atoms with van der Waals surface area (Å²) >= 11 is 0. The van der Waals surface area contributed by atoms with Gasteiger partial charge < -0.3 is 20.1 Å². The summed E-state index contributed by atoms with van der Waals surface area (Å²) in [6, 6.07) is 7.21. The Morgan fingerprint density at radius 3 is 2.13 bits per heavy atom. The Balaban J connectivity index is 1.15. The third kappa shape index (κ3) is 9.20. The van der Waals surface area contributed by atoms with Crippen molar-refractivity contribution < 1.29 is 38.2 Å². The van der Waals surface area contributed by atoms with Gasteiger partial charge in [0.1, 0.15) is 0 Å². The molecule has 1 aromatic carbocycles. The maximum Gasteiger partial charge on any atom is 0.253 e. The Labute approximate surface area is 220 Å². The molecule has 0 aliphatic carbocycles. The molecule has 1 saturated heterocycles. The van der Waals surface area contributed by atoms with Crippen LogP contribution < -0.4 is 10.6 Å². The fraction of sp³-hybridized carbons (Fsp3) is 0.462. The molecule has 204 valence electrons. The summed E-state index contributed by atoms with van der Waals surface area (Å²) in [6.45, 7) is 1.93. The summed E-state index contributed by atoms with van der Waals surface area (Å²) in [6.07, 6.45) is 3.80. The monoisotopic (exact) mass is 528 g/mol. The molecule has 0 saturated carbocycles. The molecule has 12 nitrogen and oxygen atoms in total. The van der Waals surface area contributed by atoms with Crippen molar-refractivity contribution in [1.29, 1.82) is 0 Å². The van der Waals surface area contributed by atoms with Crippen LogP contribution >= 0.6 is 0 Å². The number of nitrogens with one attached hydrogen (secondary N) is 2. The number of likely N-dealkylation sites (tertiary alicyclic amines) is 1. The number of carbonyl (C=O) groups is 6. The number of carbonyl (C=O) groups excluding carboxylic acids is 6. The summed E-state index contributed by atoms with van der Waals surface area (Å²) in [7, 11) is 0. The fourth-order valence-corrected chi connectivity index (χ4v) is 3.65. The van der Waals surface area contributed by atoms with Crippen LogP contribution in [-0.4, -0.2) is 91.3 Å². The molecule has 3 rings (SSSR count). The minimum absolute atomic E-state index is 0.0253. The number of amides is 6. The van der Waals surface area contributed by atoms with E-state index in [0.29, 0.717) is 38.3 Å². The van der Waals surface area contributed by atoms with E-state index in [0.717, 1.165) is 10.5 Å². The van der Waals surface area contributed by atoms with E-state index in [4.69, 9.17) is 9.47 Å². The molecule has 0 spiro atoms. The molecule has 0 unspecified atom stereocenters. The molecule has 2 heterocycles. The largest absolute Gasteiger partial charge is 0.379 e. The predicted octanol–water partition coefficient (Wildman–Crippen LogP) is 0.171. The minimum atomic E-state index is -0.415. The second-order valence-electron chi connectivity index (χ2n) is 8.67. The minimum Gasteiger partial charge on any atom is -0.379 e. The smallest absolute Gasteiger partial charge is 0.253 e. The Bertz CT molecular complexity index is 1050. The highest BCUT2D eigenvalue weighted by molar-refractivity contribution is 6.13. The van der Waals surface area contributed by atoms with Gasteiger partial charge in [-0.1, -0.05) is 12.1 Å². The zero-order valence-corrected chi connectivity index (χ0v) is 21.1. The van der Waals surface area contributed by atoms with Crippen molar-refractivity contribution in [1.82, 2.24) is 15.1 Å². The molecular formula is C26H32N4O8. The Morgan fingerprint density at radius 1 is 0.816 bits per heavy atom. The second-order valence-corrected chi connectivity index (χ2v) is 8.67. The van der Waals surface area contributed by atoms with Gasteiger partial charge >= 0.3 is 0 Å². The summed E-state index contributed by atoms with van der Waals surface area (Å²) < 4.78 is 10.8. The lowest BCUT2D eigenvalue weighted by Gasteiger charge is -2.28. The highest BCUT2D eigenvalue weighted by Crippen LogP contribution is 2.15. The van der Waals surface area contributed by atoms with E-state index >= 15 is 0 Å². The van der Waals surface area contributed by atoms with Gasteiger partial charge in [0.2, 0.25) is 23.6 Å². The van der Waals surface area contributed by atoms with Gasteiger partial charge in [-0.3, -0.25) is 38.6 Å². The number of anilines is 1. The number of hydrogen-bond acceptors (Lipinski definition) is 8. The van der Waals surface area contributed by atoms with E-state index in [1.54, 1.807) is 12.1 Å². The fourth-order valence-electron chi connectivity index (χ4n) is 3.65. The van der Waals surface area contributed by atoms with E-state index in [9.17, 15) is 28.8 Å². The summed E-state index contributed by atoms with van der Waals surface area (Å²) in [5, 5.41) is 5.43. The number of rotatable bonds is 16. The summed E-state index contributed by atoms with van der Waals surface area (Å²) in [5.74, 6) is -1.58. The van der Waals surface area contributed by atoms with Gasteiger partial charge in [0.25, 0.3) is 11.8 Å². The highest BCUT2D eigenvalue weighted by Gasteiger charge is 2.29. The topological polar surface area (TPSA) is 151 Å². The summed E-state index contributed by atoms with van der Waals surface area (Å²) in [5.41, 5.74) is 1.59. The molecule has 38 heavy (non-hydrogen) atoms. The Morgan fingerprint density at radius 2 is 1.50 bits per heavy atom.